The van der Waals surface area contributed by atoms with Gasteiger partial charge >= 0.3 is 0 Å². The first-order valence-corrected chi connectivity index (χ1v) is 10.2. The highest BCUT2D eigenvalue weighted by atomic mass is 16.5. The maximum Gasteiger partial charge on any atom is 0.123 e. The van der Waals surface area contributed by atoms with Crippen LogP contribution in [0.5, 0.6) is 5.75 Å². The molecule has 0 saturated carbocycles. The Labute approximate surface area is 162 Å². The average molecular weight is 367 g/mol. The minimum Gasteiger partial charge on any atom is -0.490 e. The molecule has 4 rings (SSSR count). The van der Waals surface area contributed by atoms with Crippen LogP contribution in [0.25, 0.3) is 0 Å². The number of likely N-dealkylation sites (tertiary alicyclic amines) is 1. The molecular weight excluding hydrogens is 336 g/mol. The van der Waals surface area contributed by atoms with Crippen LogP contribution in [-0.2, 0) is 6.54 Å². The second kappa shape index (κ2) is 8.61. The van der Waals surface area contributed by atoms with Crippen LogP contribution in [0.4, 0.5) is 11.5 Å². The van der Waals surface area contributed by atoms with Gasteiger partial charge in [0.05, 0.1) is 0 Å². The zero-order chi connectivity index (χ0) is 18.5. The molecule has 2 saturated heterocycles. The Morgan fingerprint density at radius 2 is 1.70 bits per heavy atom. The largest absolute Gasteiger partial charge is 0.490 e. The number of nitrogens with zero attached hydrogens (tertiary/aromatic N) is 3. The van der Waals surface area contributed by atoms with Gasteiger partial charge < -0.3 is 15.4 Å². The van der Waals surface area contributed by atoms with E-state index < -0.39 is 0 Å². The van der Waals surface area contributed by atoms with Crippen molar-refractivity contribution in [1.29, 1.82) is 0 Å². The molecule has 0 radical (unpaired) electrons. The first kappa shape index (κ1) is 18.1. The Balaban J connectivity index is 1.25. The molecule has 2 N–H and O–H groups in total. The summed E-state index contributed by atoms with van der Waals surface area (Å²) in [7, 11) is 0. The van der Waals surface area contributed by atoms with E-state index in [9.17, 15) is 0 Å². The summed E-state index contributed by atoms with van der Waals surface area (Å²) in [6.45, 7) is 5.41. The second-order valence-corrected chi connectivity index (χ2v) is 7.72. The van der Waals surface area contributed by atoms with Crippen LogP contribution in [0.15, 0.2) is 42.6 Å². The lowest BCUT2D eigenvalue weighted by atomic mass is 10.1. The quantitative estimate of drug-likeness (QED) is 0.874. The SMILES string of the molecule is Nc1cc(CN2CCC(Oc3ccc(N4CCCCC4)cc3)CC2)ccn1. The molecule has 5 heteroatoms. The lowest BCUT2D eigenvalue weighted by molar-refractivity contribution is 0.0968. The number of ether oxygens (including phenoxy) is 1. The van der Waals surface area contributed by atoms with E-state index in [2.05, 4.69) is 39.0 Å². The normalized spacial score (nSPS) is 19.2. The number of nitrogen functional groups attached to an aromatic ring is 1. The van der Waals surface area contributed by atoms with Gasteiger partial charge in [0.1, 0.15) is 17.7 Å². The van der Waals surface area contributed by atoms with Gasteiger partial charge in [0.15, 0.2) is 0 Å². The fraction of sp³-hybridized carbons (Fsp3) is 0.500. The number of hydrogen-bond acceptors (Lipinski definition) is 5. The number of piperidine rings is 2. The van der Waals surface area contributed by atoms with E-state index >= 15 is 0 Å². The highest BCUT2D eigenvalue weighted by Crippen LogP contribution is 2.25. The van der Waals surface area contributed by atoms with Crippen molar-refractivity contribution in [2.45, 2.75) is 44.8 Å². The smallest absolute Gasteiger partial charge is 0.123 e. The standard InChI is InChI=1S/C22H30N4O/c23-22-16-18(8-11-24-22)17-25-14-9-21(10-15-25)27-20-6-4-19(5-7-20)26-12-2-1-3-13-26/h4-8,11,16,21H,1-3,9-10,12-15,17H2,(H2,23,24). The van der Waals surface area contributed by atoms with Crippen molar-refractivity contribution in [2.24, 2.45) is 0 Å². The summed E-state index contributed by atoms with van der Waals surface area (Å²) < 4.78 is 6.24. The molecule has 0 aliphatic carbocycles. The predicted octanol–water partition coefficient (Wildman–Crippen LogP) is 3.70. The first-order valence-electron chi connectivity index (χ1n) is 10.2. The summed E-state index contributed by atoms with van der Waals surface area (Å²) in [6, 6.07) is 12.7. The molecule has 2 aliphatic heterocycles. The van der Waals surface area contributed by atoms with Gasteiger partial charge in [-0.25, -0.2) is 4.98 Å². The summed E-state index contributed by atoms with van der Waals surface area (Å²) in [5.74, 6) is 1.59. The molecule has 144 valence electrons. The van der Waals surface area contributed by atoms with Gasteiger partial charge in [0.2, 0.25) is 0 Å². The summed E-state index contributed by atoms with van der Waals surface area (Å²) >= 11 is 0. The third kappa shape index (κ3) is 4.92. The minimum absolute atomic E-state index is 0.310. The van der Waals surface area contributed by atoms with Gasteiger partial charge in [-0.1, -0.05) is 0 Å². The fourth-order valence-corrected chi connectivity index (χ4v) is 4.12. The molecule has 0 amide bonds. The maximum atomic E-state index is 6.24. The van der Waals surface area contributed by atoms with Crippen LogP contribution in [0.2, 0.25) is 0 Å². The molecule has 5 nitrogen and oxygen atoms in total. The zero-order valence-corrected chi connectivity index (χ0v) is 16.0. The Morgan fingerprint density at radius 1 is 0.963 bits per heavy atom. The highest BCUT2D eigenvalue weighted by Gasteiger charge is 2.21. The Bertz CT molecular complexity index is 719. The molecule has 1 aromatic heterocycles. The van der Waals surface area contributed by atoms with Crippen molar-refractivity contribution < 1.29 is 4.74 Å². The molecule has 1 aromatic carbocycles. The van der Waals surface area contributed by atoms with Crippen molar-refractivity contribution in [3.05, 3.63) is 48.2 Å². The minimum atomic E-state index is 0.310. The zero-order valence-electron chi connectivity index (χ0n) is 16.0. The Hall–Kier alpha value is -2.27. The maximum absolute atomic E-state index is 6.24. The third-order valence-corrected chi connectivity index (χ3v) is 5.65. The number of pyridine rings is 1. The van der Waals surface area contributed by atoms with Gasteiger partial charge in [-0.3, -0.25) is 4.90 Å². The van der Waals surface area contributed by atoms with Crippen molar-refractivity contribution in [3.8, 4) is 5.75 Å². The van der Waals surface area contributed by atoms with E-state index in [1.807, 2.05) is 12.1 Å². The predicted molar refractivity (Wildman–Crippen MR) is 110 cm³/mol. The number of hydrogen-bond donors (Lipinski definition) is 1. The molecule has 2 aliphatic rings. The van der Waals surface area contributed by atoms with E-state index in [0.29, 0.717) is 11.9 Å². The molecule has 3 heterocycles. The lowest BCUT2D eigenvalue weighted by Gasteiger charge is -2.32. The summed E-state index contributed by atoms with van der Waals surface area (Å²) in [5, 5.41) is 0. The first-order chi connectivity index (χ1) is 13.3. The fourth-order valence-electron chi connectivity index (χ4n) is 4.12. The van der Waals surface area contributed by atoms with Crippen LogP contribution in [-0.4, -0.2) is 42.2 Å². The van der Waals surface area contributed by atoms with Gasteiger partial charge in [-0.15, -0.1) is 0 Å². The van der Waals surface area contributed by atoms with E-state index in [-0.39, 0.29) is 0 Å². The van der Waals surface area contributed by atoms with Gasteiger partial charge in [0.25, 0.3) is 0 Å². The van der Waals surface area contributed by atoms with Crippen LogP contribution < -0.4 is 15.4 Å². The molecule has 27 heavy (non-hydrogen) atoms. The third-order valence-electron chi connectivity index (χ3n) is 5.65. The van der Waals surface area contributed by atoms with Crippen molar-refractivity contribution in [3.63, 3.8) is 0 Å². The molecule has 0 bridgehead atoms. The second-order valence-electron chi connectivity index (χ2n) is 7.72. The summed E-state index contributed by atoms with van der Waals surface area (Å²) in [4.78, 5) is 9.01. The number of anilines is 2. The molecular formula is C22H30N4O. The number of rotatable bonds is 5. The van der Waals surface area contributed by atoms with Gasteiger partial charge in [0, 0.05) is 44.6 Å². The number of benzene rings is 1. The topological polar surface area (TPSA) is 54.6 Å². The number of nitrogens with two attached hydrogens (primary N) is 1. The van der Waals surface area contributed by atoms with E-state index in [0.717, 1.165) is 38.2 Å². The van der Waals surface area contributed by atoms with Crippen LogP contribution in [0.3, 0.4) is 0 Å². The van der Waals surface area contributed by atoms with Gasteiger partial charge in [-0.2, -0.15) is 0 Å². The van der Waals surface area contributed by atoms with E-state index in [1.54, 1.807) is 6.20 Å². The number of aromatic nitrogens is 1. The van der Waals surface area contributed by atoms with Crippen LogP contribution in [0.1, 0.15) is 37.7 Å². The molecule has 2 aromatic rings. The van der Waals surface area contributed by atoms with Crippen molar-refractivity contribution >= 4 is 11.5 Å². The van der Waals surface area contributed by atoms with Crippen LogP contribution in [0, 0.1) is 0 Å². The molecule has 0 unspecified atom stereocenters. The van der Waals surface area contributed by atoms with Gasteiger partial charge in [-0.05, 0) is 74.1 Å². The Morgan fingerprint density at radius 3 is 2.41 bits per heavy atom. The van der Waals surface area contributed by atoms with Crippen molar-refractivity contribution in [2.75, 3.05) is 36.8 Å². The molecule has 0 atom stereocenters. The summed E-state index contributed by atoms with van der Waals surface area (Å²) in [6.07, 6.45) is 8.21. The van der Waals surface area contributed by atoms with E-state index in [1.165, 1.54) is 43.6 Å². The lowest BCUT2D eigenvalue weighted by Crippen LogP contribution is -2.37. The van der Waals surface area contributed by atoms with Crippen molar-refractivity contribution in [1.82, 2.24) is 9.88 Å². The Kier molecular flexibility index (Phi) is 5.78. The molecule has 2 fully saturated rings. The average Bonchev–Trinajstić information content (AvgIpc) is 2.71. The highest BCUT2D eigenvalue weighted by molar-refractivity contribution is 5.49. The molecule has 0 spiro atoms. The van der Waals surface area contributed by atoms with E-state index in [4.69, 9.17) is 10.5 Å². The monoisotopic (exact) mass is 366 g/mol. The summed E-state index contributed by atoms with van der Waals surface area (Å²) in [5.41, 5.74) is 8.34. The van der Waals surface area contributed by atoms with Crippen LogP contribution >= 0.6 is 0 Å².